The molecule has 1 aromatic heterocycles. The number of rotatable bonds is 5. The molecule has 6 nitrogen and oxygen atoms in total. The van der Waals surface area contributed by atoms with Gasteiger partial charge in [0.15, 0.2) is 0 Å². The van der Waals surface area contributed by atoms with Gasteiger partial charge in [-0.05, 0) is 30.5 Å². The zero-order chi connectivity index (χ0) is 16.4. The number of aromatic nitrogens is 3. The smallest absolute Gasteiger partial charge is 0.216 e. The van der Waals surface area contributed by atoms with Crippen molar-refractivity contribution < 1.29 is 8.42 Å². The van der Waals surface area contributed by atoms with Crippen LogP contribution in [0, 0.1) is 0 Å². The Labute approximate surface area is 144 Å². The van der Waals surface area contributed by atoms with E-state index < -0.39 is 10.0 Å². The Hall–Kier alpha value is -1.15. The summed E-state index contributed by atoms with van der Waals surface area (Å²) in [6, 6.07) is 4.76. The Kier molecular flexibility index (Phi) is 4.91. The number of benzene rings is 1. The van der Waals surface area contributed by atoms with E-state index in [0.717, 1.165) is 31.6 Å². The first-order chi connectivity index (χ1) is 10.9. The largest absolute Gasteiger partial charge is 0.314 e. The van der Waals surface area contributed by atoms with Crippen LogP contribution in [0.4, 0.5) is 0 Å². The summed E-state index contributed by atoms with van der Waals surface area (Å²) >= 11 is 11.8. The van der Waals surface area contributed by atoms with Crippen molar-refractivity contribution in [3.8, 4) is 0 Å². The van der Waals surface area contributed by atoms with Gasteiger partial charge in [-0.3, -0.25) is 0 Å². The summed E-state index contributed by atoms with van der Waals surface area (Å²) in [5.41, 5.74) is 0.506. The number of sulfonamides is 1. The quantitative estimate of drug-likeness (QED) is 0.871. The predicted molar refractivity (Wildman–Crippen MR) is 88.9 cm³/mol. The summed E-state index contributed by atoms with van der Waals surface area (Å²) in [5.74, 6) is 1.36. The molecule has 0 fully saturated rings. The van der Waals surface area contributed by atoms with Crippen LogP contribution in [0.1, 0.15) is 30.1 Å². The Morgan fingerprint density at radius 3 is 2.83 bits per heavy atom. The van der Waals surface area contributed by atoms with Gasteiger partial charge in [0.1, 0.15) is 11.6 Å². The topological polar surface area (TPSA) is 76.9 Å². The number of halogens is 2. The highest BCUT2D eigenvalue weighted by Gasteiger charge is 2.19. The molecule has 23 heavy (non-hydrogen) atoms. The van der Waals surface area contributed by atoms with Crippen molar-refractivity contribution in [3.63, 3.8) is 0 Å². The highest BCUT2D eigenvalue weighted by molar-refractivity contribution is 7.88. The second-order valence-corrected chi connectivity index (χ2v) is 8.11. The van der Waals surface area contributed by atoms with Gasteiger partial charge in [-0.25, -0.2) is 13.1 Å². The van der Waals surface area contributed by atoms with E-state index in [1.54, 1.807) is 12.1 Å². The molecule has 9 heteroatoms. The van der Waals surface area contributed by atoms with Crippen LogP contribution in [0.2, 0.25) is 10.0 Å². The van der Waals surface area contributed by atoms with Crippen molar-refractivity contribution in [2.45, 2.75) is 38.1 Å². The van der Waals surface area contributed by atoms with Crippen LogP contribution in [-0.4, -0.2) is 23.2 Å². The second kappa shape index (κ2) is 6.76. The molecule has 0 saturated heterocycles. The molecule has 0 saturated carbocycles. The van der Waals surface area contributed by atoms with Crippen LogP contribution < -0.4 is 4.72 Å². The minimum absolute atomic E-state index is 0.126. The molecule has 0 spiro atoms. The number of hydrogen-bond donors (Lipinski definition) is 1. The summed E-state index contributed by atoms with van der Waals surface area (Å²) in [4.78, 5) is 0. The molecule has 1 aromatic carbocycles. The average Bonchev–Trinajstić information content (AvgIpc) is 2.92. The molecule has 2 aromatic rings. The zero-order valence-corrected chi connectivity index (χ0v) is 14.6. The Bertz CT molecular complexity index is 820. The van der Waals surface area contributed by atoms with Crippen LogP contribution in [0.5, 0.6) is 0 Å². The molecule has 1 N–H and O–H groups in total. The Morgan fingerprint density at radius 2 is 2.04 bits per heavy atom. The van der Waals surface area contributed by atoms with Crippen molar-refractivity contribution in [2.75, 3.05) is 0 Å². The van der Waals surface area contributed by atoms with Crippen LogP contribution >= 0.6 is 23.2 Å². The van der Waals surface area contributed by atoms with E-state index in [1.165, 1.54) is 6.07 Å². The fraction of sp³-hybridized carbons (Fsp3) is 0.429. The number of nitrogens with one attached hydrogen (secondary N) is 1. The van der Waals surface area contributed by atoms with Crippen molar-refractivity contribution in [3.05, 3.63) is 45.5 Å². The molecule has 1 aliphatic heterocycles. The first kappa shape index (κ1) is 16.7. The third-order valence-corrected chi connectivity index (χ3v) is 5.61. The van der Waals surface area contributed by atoms with Crippen LogP contribution in [-0.2, 0) is 35.3 Å². The number of fused-ring (bicyclic) bond motifs is 1. The molecule has 1 aliphatic rings. The van der Waals surface area contributed by atoms with Crippen molar-refractivity contribution >= 4 is 33.2 Å². The molecule has 0 atom stereocenters. The fourth-order valence-corrected chi connectivity index (χ4v) is 4.24. The lowest BCUT2D eigenvalue weighted by Crippen LogP contribution is -2.27. The maximum atomic E-state index is 12.2. The highest BCUT2D eigenvalue weighted by Crippen LogP contribution is 2.22. The number of aryl methyl sites for hydroxylation is 1. The van der Waals surface area contributed by atoms with E-state index >= 15 is 0 Å². The van der Waals surface area contributed by atoms with Gasteiger partial charge in [0.25, 0.3) is 0 Å². The number of nitrogens with zero attached hydrogens (tertiary/aromatic N) is 3. The van der Waals surface area contributed by atoms with Gasteiger partial charge in [0.05, 0.1) is 12.3 Å². The molecular weight excluding hydrogens is 359 g/mol. The summed E-state index contributed by atoms with van der Waals surface area (Å²) in [7, 11) is -3.53. The Balaban J connectivity index is 1.68. The third-order valence-electron chi connectivity index (χ3n) is 3.75. The summed E-state index contributed by atoms with van der Waals surface area (Å²) in [6.07, 6.45) is 3.05. The van der Waals surface area contributed by atoms with Crippen molar-refractivity contribution in [2.24, 2.45) is 0 Å². The maximum Gasteiger partial charge on any atom is 0.216 e. The molecule has 0 radical (unpaired) electrons. The first-order valence-electron chi connectivity index (χ1n) is 7.27. The summed E-state index contributed by atoms with van der Waals surface area (Å²) in [5, 5.41) is 8.99. The average molecular weight is 375 g/mol. The third kappa shape index (κ3) is 4.03. The van der Waals surface area contributed by atoms with Gasteiger partial charge >= 0.3 is 0 Å². The van der Waals surface area contributed by atoms with Crippen LogP contribution in [0.15, 0.2) is 18.2 Å². The van der Waals surface area contributed by atoms with E-state index in [4.69, 9.17) is 23.2 Å². The van der Waals surface area contributed by atoms with E-state index in [0.29, 0.717) is 21.4 Å². The molecule has 2 heterocycles. The lowest BCUT2D eigenvalue weighted by atomic mass is 10.2. The number of hydrogen-bond acceptors (Lipinski definition) is 4. The van der Waals surface area contributed by atoms with Gasteiger partial charge in [-0.2, -0.15) is 0 Å². The maximum absolute atomic E-state index is 12.2. The molecular formula is C14H16Cl2N4O2S. The zero-order valence-electron chi connectivity index (χ0n) is 12.3. The van der Waals surface area contributed by atoms with Crippen molar-refractivity contribution in [1.82, 2.24) is 19.5 Å². The normalized spacial score (nSPS) is 14.7. The minimum atomic E-state index is -3.53. The van der Waals surface area contributed by atoms with Crippen molar-refractivity contribution in [1.29, 1.82) is 0 Å². The second-order valence-electron chi connectivity index (χ2n) is 5.46. The lowest BCUT2D eigenvalue weighted by Gasteiger charge is -2.15. The monoisotopic (exact) mass is 374 g/mol. The predicted octanol–water partition coefficient (Wildman–Crippen LogP) is 2.54. The van der Waals surface area contributed by atoms with E-state index in [2.05, 4.69) is 14.9 Å². The minimum Gasteiger partial charge on any atom is -0.314 e. The Morgan fingerprint density at radius 1 is 1.22 bits per heavy atom. The fourth-order valence-electron chi connectivity index (χ4n) is 2.57. The standard InChI is InChI=1S/C14H16Cl2N4O2S/c15-11-5-4-10(12(16)7-11)9-23(21,22)17-8-14-19-18-13-3-1-2-6-20(13)14/h4-5,7,17H,1-3,6,8-9H2. The first-order valence-corrected chi connectivity index (χ1v) is 9.68. The van der Waals surface area contributed by atoms with Crippen LogP contribution in [0.3, 0.4) is 0 Å². The molecule has 0 unspecified atom stereocenters. The van der Waals surface area contributed by atoms with E-state index in [9.17, 15) is 8.42 Å². The molecule has 0 aliphatic carbocycles. The molecule has 0 amide bonds. The van der Waals surface area contributed by atoms with E-state index in [-0.39, 0.29) is 12.3 Å². The summed E-state index contributed by atoms with van der Waals surface area (Å²) in [6.45, 7) is 0.961. The van der Waals surface area contributed by atoms with Gasteiger partial charge < -0.3 is 4.57 Å². The lowest BCUT2D eigenvalue weighted by molar-refractivity contribution is 0.503. The van der Waals surface area contributed by atoms with Gasteiger partial charge in [0.2, 0.25) is 10.0 Å². The van der Waals surface area contributed by atoms with Crippen LogP contribution in [0.25, 0.3) is 0 Å². The molecule has 0 bridgehead atoms. The van der Waals surface area contributed by atoms with E-state index in [1.807, 2.05) is 4.57 Å². The van der Waals surface area contributed by atoms with Gasteiger partial charge in [0, 0.05) is 23.0 Å². The summed E-state index contributed by atoms with van der Waals surface area (Å²) < 4.78 is 29.0. The van der Waals surface area contributed by atoms with Gasteiger partial charge in [-0.1, -0.05) is 29.3 Å². The molecule has 124 valence electrons. The highest BCUT2D eigenvalue weighted by atomic mass is 35.5. The van der Waals surface area contributed by atoms with Gasteiger partial charge in [-0.15, -0.1) is 10.2 Å². The molecule has 3 rings (SSSR count). The SMILES string of the molecule is O=S(=O)(Cc1ccc(Cl)cc1Cl)NCc1nnc2n1CCCC2.